The predicted octanol–water partition coefficient (Wildman–Crippen LogP) is 3.36. The SMILES string of the molecule is CC=N/C=C\C.Cc1cn2cncc2c(-c2ncc3cnccn23)n1. The molecule has 4 heterocycles. The van der Waals surface area contributed by atoms with Crippen LogP contribution in [0.4, 0.5) is 0 Å². The molecule has 0 radical (unpaired) electrons. The van der Waals surface area contributed by atoms with E-state index >= 15 is 0 Å². The molecule has 0 bridgehead atoms. The summed E-state index contributed by atoms with van der Waals surface area (Å²) in [4.78, 5) is 21.1. The van der Waals surface area contributed by atoms with Crippen LogP contribution in [0.2, 0.25) is 0 Å². The van der Waals surface area contributed by atoms with E-state index < -0.39 is 0 Å². The van der Waals surface area contributed by atoms with Gasteiger partial charge >= 0.3 is 0 Å². The zero-order valence-corrected chi connectivity index (χ0v) is 14.4. The molecule has 0 amide bonds. The summed E-state index contributed by atoms with van der Waals surface area (Å²) >= 11 is 0. The van der Waals surface area contributed by atoms with Gasteiger partial charge in [-0.2, -0.15) is 0 Å². The molecule has 0 aromatic carbocycles. The first-order valence-corrected chi connectivity index (χ1v) is 7.90. The van der Waals surface area contributed by atoms with E-state index in [0.717, 1.165) is 28.2 Å². The Hall–Kier alpha value is -3.35. The number of aryl methyl sites for hydroxylation is 1. The maximum absolute atomic E-state index is 4.60. The van der Waals surface area contributed by atoms with Gasteiger partial charge in [0.15, 0.2) is 5.82 Å². The number of fused-ring (bicyclic) bond motifs is 2. The quantitative estimate of drug-likeness (QED) is 0.527. The molecule has 0 aliphatic heterocycles. The molecular formula is C18H19N7. The fourth-order valence-corrected chi connectivity index (χ4v) is 2.42. The number of nitrogens with zero attached hydrogens (tertiary/aromatic N) is 7. The summed E-state index contributed by atoms with van der Waals surface area (Å²) in [6.45, 7) is 5.79. The number of rotatable bonds is 2. The first-order valence-electron chi connectivity index (χ1n) is 7.90. The number of allylic oxidation sites excluding steroid dienone is 1. The fourth-order valence-electron chi connectivity index (χ4n) is 2.42. The van der Waals surface area contributed by atoms with Crippen molar-refractivity contribution in [1.82, 2.24) is 28.7 Å². The third-order valence-electron chi connectivity index (χ3n) is 3.45. The minimum Gasteiger partial charge on any atom is -0.302 e. The summed E-state index contributed by atoms with van der Waals surface area (Å²) in [7, 11) is 0. The van der Waals surface area contributed by atoms with Gasteiger partial charge in [0.05, 0.1) is 41.6 Å². The van der Waals surface area contributed by atoms with Crippen molar-refractivity contribution in [3.05, 3.63) is 61.5 Å². The zero-order valence-electron chi connectivity index (χ0n) is 14.4. The highest BCUT2D eigenvalue weighted by atomic mass is 15.1. The minimum atomic E-state index is 0.798. The first-order chi connectivity index (χ1) is 12.2. The van der Waals surface area contributed by atoms with Gasteiger partial charge in [0.1, 0.15) is 5.69 Å². The van der Waals surface area contributed by atoms with Gasteiger partial charge in [0, 0.05) is 31.0 Å². The van der Waals surface area contributed by atoms with Crippen LogP contribution in [0, 0.1) is 6.92 Å². The van der Waals surface area contributed by atoms with Gasteiger partial charge in [-0.25, -0.2) is 15.0 Å². The molecule has 0 saturated carbocycles. The molecule has 7 nitrogen and oxygen atoms in total. The van der Waals surface area contributed by atoms with E-state index in [1.807, 2.05) is 48.0 Å². The number of hydrogen-bond donors (Lipinski definition) is 0. The lowest BCUT2D eigenvalue weighted by atomic mass is 10.3. The molecule has 7 heteroatoms. The molecule has 0 N–H and O–H groups in total. The Balaban J connectivity index is 0.000000265. The summed E-state index contributed by atoms with van der Waals surface area (Å²) in [5.41, 5.74) is 3.63. The van der Waals surface area contributed by atoms with Crippen LogP contribution >= 0.6 is 0 Å². The van der Waals surface area contributed by atoms with Crippen molar-refractivity contribution in [2.24, 2.45) is 4.99 Å². The van der Waals surface area contributed by atoms with Gasteiger partial charge in [-0.15, -0.1) is 0 Å². The topological polar surface area (TPSA) is 72.7 Å². The van der Waals surface area contributed by atoms with E-state index in [2.05, 4.69) is 24.9 Å². The van der Waals surface area contributed by atoms with Crippen LogP contribution in [-0.2, 0) is 0 Å². The minimum absolute atomic E-state index is 0.798. The van der Waals surface area contributed by atoms with Crippen LogP contribution < -0.4 is 0 Å². The highest BCUT2D eigenvalue weighted by Gasteiger charge is 2.12. The van der Waals surface area contributed by atoms with E-state index in [1.54, 1.807) is 43.5 Å². The Morgan fingerprint density at radius 1 is 1.12 bits per heavy atom. The van der Waals surface area contributed by atoms with Crippen molar-refractivity contribution in [2.45, 2.75) is 20.8 Å². The normalized spacial score (nSPS) is 11.5. The number of aliphatic imine (C=N–C) groups is 1. The average Bonchev–Trinajstić information content (AvgIpc) is 3.26. The molecule has 0 spiro atoms. The lowest BCUT2D eigenvalue weighted by Gasteiger charge is -2.04. The van der Waals surface area contributed by atoms with Crippen LogP contribution in [0.15, 0.2) is 60.8 Å². The lowest BCUT2D eigenvalue weighted by Crippen LogP contribution is -1.98. The Labute approximate surface area is 145 Å². The number of imidazole rings is 2. The first kappa shape index (κ1) is 16.5. The van der Waals surface area contributed by atoms with Crippen molar-refractivity contribution >= 4 is 17.2 Å². The summed E-state index contributed by atoms with van der Waals surface area (Å²) in [5.74, 6) is 0.798. The third-order valence-corrected chi connectivity index (χ3v) is 3.45. The van der Waals surface area contributed by atoms with E-state index in [0.29, 0.717) is 0 Å². The molecule has 4 rings (SSSR count). The monoisotopic (exact) mass is 333 g/mol. The summed E-state index contributed by atoms with van der Waals surface area (Å²) in [5, 5.41) is 0. The van der Waals surface area contributed by atoms with Gasteiger partial charge in [-0.1, -0.05) is 6.08 Å². The van der Waals surface area contributed by atoms with E-state index in [1.165, 1.54) is 0 Å². The van der Waals surface area contributed by atoms with Crippen molar-refractivity contribution in [3.8, 4) is 11.5 Å². The second-order valence-corrected chi connectivity index (χ2v) is 5.26. The van der Waals surface area contributed by atoms with Gasteiger partial charge in [0.2, 0.25) is 0 Å². The van der Waals surface area contributed by atoms with Crippen molar-refractivity contribution in [1.29, 1.82) is 0 Å². The summed E-state index contributed by atoms with van der Waals surface area (Å²) < 4.78 is 3.93. The van der Waals surface area contributed by atoms with Crippen LogP contribution in [0.1, 0.15) is 19.5 Å². The van der Waals surface area contributed by atoms with Gasteiger partial charge in [0.25, 0.3) is 0 Å². The summed E-state index contributed by atoms with van der Waals surface area (Å²) in [6.07, 6.45) is 18.1. The van der Waals surface area contributed by atoms with Crippen LogP contribution in [0.3, 0.4) is 0 Å². The molecule has 0 saturated heterocycles. The van der Waals surface area contributed by atoms with Crippen LogP contribution in [-0.4, -0.2) is 35.0 Å². The molecule has 0 aliphatic carbocycles. The van der Waals surface area contributed by atoms with Crippen molar-refractivity contribution in [3.63, 3.8) is 0 Å². The van der Waals surface area contributed by atoms with Gasteiger partial charge in [-0.05, 0) is 20.8 Å². The zero-order chi connectivity index (χ0) is 17.6. The standard InChI is InChI=1S/C13H10N6.C5H9N/c1-9-7-18-8-15-6-11(18)12(17-9)13-16-5-10-4-14-2-3-19(10)13;1-3-5-6-4-2/h2-8H,1H3;3-5H,1-2H3/b;5-3-,6-4?. The predicted molar refractivity (Wildman–Crippen MR) is 98.7 cm³/mol. The fraction of sp³-hybridized carbons (Fsp3) is 0.167. The molecular weight excluding hydrogens is 314 g/mol. The molecule has 126 valence electrons. The molecule has 0 aliphatic rings. The van der Waals surface area contributed by atoms with E-state index in [-0.39, 0.29) is 0 Å². The van der Waals surface area contributed by atoms with Crippen molar-refractivity contribution in [2.75, 3.05) is 0 Å². The molecule has 25 heavy (non-hydrogen) atoms. The molecule has 0 unspecified atom stereocenters. The maximum Gasteiger partial charge on any atom is 0.165 e. The Kier molecular flexibility index (Phi) is 4.94. The third kappa shape index (κ3) is 3.45. The highest BCUT2D eigenvalue weighted by Crippen LogP contribution is 2.22. The van der Waals surface area contributed by atoms with Crippen molar-refractivity contribution < 1.29 is 0 Å². The smallest absolute Gasteiger partial charge is 0.165 e. The molecule has 0 fully saturated rings. The van der Waals surface area contributed by atoms with Crippen LogP contribution in [0.25, 0.3) is 22.6 Å². The molecule has 0 atom stereocenters. The average molecular weight is 333 g/mol. The lowest BCUT2D eigenvalue weighted by molar-refractivity contribution is 1.04. The number of aromatic nitrogens is 6. The van der Waals surface area contributed by atoms with E-state index in [4.69, 9.17) is 0 Å². The molecule has 4 aromatic rings. The van der Waals surface area contributed by atoms with E-state index in [9.17, 15) is 0 Å². The maximum atomic E-state index is 4.60. The largest absolute Gasteiger partial charge is 0.302 e. The second kappa shape index (κ2) is 7.48. The van der Waals surface area contributed by atoms with Gasteiger partial charge in [-0.3, -0.25) is 14.4 Å². The number of hydrogen-bond acceptors (Lipinski definition) is 5. The Morgan fingerprint density at radius 3 is 2.76 bits per heavy atom. The molecule has 4 aromatic heterocycles. The van der Waals surface area contributed by atoms with Crippen LogP contribution in [0.5, 0.6) is 0 Å². The highest BCUT2D eigenvalue weighted by molar-refractivity contribution is 5.74. The second-order valence-electron chi connectivity index (χ2n) is 5.26. The summed E-state index contributed by atoms with van der Waals surface area (Å²) in [6, 6.07) is 0. The Bertz CT molecular complexity index is 1030. The Morgan fingerprint density at radius 2 is 2.00 bits per heavy atom. The van der Waals surface area contributed by atoms with Gasteiger partial charge < -0.3 is 4.40 Å².